The van der Waals surface area contributed by atoms with Crippen LogP contribution in [0.3, 0.4) is 0 Å². The number of nitrogens with two attached hydrogens (primary N) is 1. The number of rotatable bonds is 5. The van der Waals surface area contributed by atoms with Gasteiger partial charge < -0.3 is 10.7 Å². The minimum Gasteiger partial charge on any atom is -0.327 e. The molecule has 0 aliphatic carbocycles. The summed E-state index contributed by atoms with van der Waals surface area (Å²) in [4.78, 5) is 22.9. The Labute approximate surface area is 128 Å². The van der Waals surface area contributed by atoms with E-state index in [-0.39, 0.29) is 11.6 Å². The standard InChI is InChI=1S/C15H20N4OS/c1-4-12(16)7-11-5-9(2)14(17-8-11)21-15-18-10(3)6-13(20)19-15/h5-6,8,12H,4,7,16H2,1-3H3,(H,18,19,20). The van der Waals surface area contributed by atoms with Gasteiger partial charge in [-0.25, -0.2) is 9.97 Å². The first-order valence-electron chi connectivity index (χ1n) is 6.95. The molecular weight excluding hydrogens is 284 g/mol. The number of H-pyrrole nitrogens is 1. The van der Waals surface area contributed by atoms with Crippen LogP contribution in [0.4, 0.5) is 0 Å². The van der Waals surface area contributed by atoms with E-state index in [0.717, 1.165) is 29.0 Å². The monoisotopic (exact) mass is 304 g/mol. The van der Waals surface area contributed by atoms with Crippen LogP contribution in [0, 0.1) is 13.8 Å². The Morgan fingerprint density at radius 2 is 2.14 bits per heavy atom. The lowest BCUT2D eigenvalue weighted by Gasteiger charge is -2.10. The maximum Gasteiger partial charge on any atom is 0.251 e. The lowest BCUT2D eigenvalue weighted by Crippen LogP contribution is -2.21. The number of hydrogen-bond acceptors (Lipinski definition) is 5. The molecule has 21 heavy (non-hydrogen) atoms. The highest BCUT2D eigenvalue weighted by Gasteiger charge is 2.08. The van der Waals surface area contributed by atoms with Crippen LogP contribution in [0.2, 0.25) is 0 Å². The van der Waals surface area contributed by atoms with Crippen LogP contribution in [-0.4, -0.2) is 21.0 Å². The Morgan fingerprint density at radius 3 is 2.76 bits per heavy atom. The zero-order valence-corrected chi connectivity index (χ0v) is 13.3. The number of nitrogens with one attached hydrogen (secondary N) is 1. The highest BCUT2D eigenvalue weighted by atomic mass is 32.2. The lowest BCUT2D eigenvalue weighted by atomic mass is 10.1. The van der Waals surface area contributed by atoms with Crippen molar-refractivity contribution >= 4 is 11.8 Å². The topological polar surface area (TPSA) is 84.7 Å². The van der Waals surface area contributed by atoms with Crippen LogP contribution in [-0.2, 0) is 6.42 Å². The molecule has 2 aromatic heterocycles. The minimum atomic E-state index is -0.145. The summed E-state index contributed by atoms with van der Waals surface area (Å²) in [6.45, 7) is 5.88. The number of nitrogens with zero attached hydrogens (tertiary/aromatic N) is 2. The van der Waals surface area contributed by atoms with Crippen LogP contribution < -0.4 is 11.3 Å². The second kappa shape index (κ2) is 6.87. The van der Waals surface area contributed by atoms with Crippen LogP contribution >= 0.6 is 11.8 Å². The second-order valence-electron chi connectivity index (χ2n) is 5.13. The van der Waals surface area contributed by atoms with Gasteiger partial charge in [-0.15, -0.1) is 0 Å². The van der Waals surface area contributed by atoms with Crippen LogP contribution in [0.1, 0.15) is 30.2 Å². The van der Waals surface area contributed by atoms with Gasteiger partial charge in [0.25, 0.3) is 5.56 Å². The minimum absolute atomic E-state index is 0.145. The molecule has 0 aromatic carbocycles. The summed E-state index contributed by atoms with van der Waals surface area (Å²) >= 11 is 1.37. The molecule has 1 unspecified atom stereocenters. The van der Waals surface area contributed by atoms with Gasteiger partial charge in [0.2, 0.25) is 0 Å². The fourth-order valence-corrected chi connectivity index (χ4v) is 2.83. The predicted octanol–water partition coefficient (Wildman–Crippen LogP) is 2.21. The molecule has 6 heteroatoms. The molecule has 2 aromatic rings. The maximum atomic E-state index is 11.5. The fourth-order valence-electron chi connectivity index (χ4n) is 1.98. The predicted molar refractivity (Wildman–Crippen MR) is 84.7 cm³/mol. The zero-order valence-electron chi connectivity index (χ0n) is 12.5. The fraction of sp³-hybridized carbons (Fsp3) is 0.400. The summed E-state index contributed by atoms with van der Waals surface area (Å²) in [5.41, 5.74) is 8.72. The van der Waals surface area contributed by atoms with Gasteiger partial charge in [-0.2, -0.15) is 0 Å². The van der Waals surface area contributed by atoms with Gasteiger partial charge in [-0.1, -0.05) is 13.0 Å². The van der Waals surface area contributed by atoms with Crippen molar-refractivity contribution in [1.29, 1.82) is 0 Å². The molecule has 1 atom stereocenters. The normalized spacial score (nSPS) is 12.4. The van der Waals surface area contributed by atoms with E-state index >= 15 is 0 Å². The molecule has 3 N–H and O–H groups in total. The number of hydrogen-bond donors (Lipinski definition) is 2. The molecule has 0 saturated carbocycles. The Kier molecular flexibility index (Phi) is 5.14. The number of pyridine rings is 1. The molecule has 0 spiro atoms. The Hall–Kier alpha value is -1.66. The van der Waals surface area contributed by atoms with Gasteiger partial charge in [0.1, 0.15) is 5.03 Å². The molecule has 5 nitrogen and oxygen atoms in total. The van der Waals surface area contributed by atoms with Crippen molar-refractivity contribution in [2.45, 2.75) is 49.8 Å². The van der Waals surface area contributed by atoms with E-state index in [1.807, 2.05) is 13.1 Å². The number of aromatic amines is 1. The van der Waals surface area contributed by atoms with Gasteiger partial charge in [0.15, 0.2) is 5.16 Å². The summed E-state index contributed by atoms with van der Waals surface area (Å²) in [7, 11) is 0. The molecule has 2 rings (SSSR count). The Morgan fingerprint density at radius 1 is 1.38 bits per heavy atom. The van der Waals surface area contributed by atoms with E-state index in [4.69, 9.17) is 5.73 Å². The first-order chi connectivity index (χ1) is 9.97. The molecule has 0 fully saturated rings. The van der Waals surface area contributed by atoms with Crippen molar-refractivity contribution < 1.29 is 0 Å². The van der Waals surface area contributed by atoms with Gasteiger partial charge in [0.05, 0.1) is 0 Å². The average Bonchev–Trinajstić information content (AvgIpc) is 2.40. The number of aromatic nitrogens is 3. The van der Waals surface area contributed by atoms with Crippen LogP contribution in [0.5, 0.6) is 0 Å². The van der Waals surface area contributed by atoms with E-state index in [0.29, 0.717) is 10.9 Å². The summed E-state index contributed by atoms with van der Waals surface area (Å²) in [5.74, 6) is 0. The molecule has 0 aliphatic rings. The Balaban J connectivity index is 2.19. The SMILES string of the molecule is CCC(N)Cc1cnc(Sc2nc(C)cc(=O)[nH]2)c(C)c1. The van der Waals surface area contributed by atoms with Gasteiger partial charge in [0, 0.05) is 24.0 Å². The quantitative estimate of drug-likeness (QED) is 0.827. The third-order valence-electron chi connectivity index (χ3n) is 3.15. The maximum absolute atomic E-state index is 11.5. The highest BCUT2D eigenvalue weighted by Crippen LogP contribution is 2.25. The summed E-state index contributed by atoms with van der Waals surface area (Å²) < 4.78 is 0. The zero-order chi connectivity index (χ0) is 15.4. The van der Waals surface area contributed by atoms with Crippen molar-refractivity contribution in [3.8, 4) is 0 Å². The van der Waals surface area contributed by atoms with Gasteiger partial charge in [-0.3, -0.25) is 4.79 Å². The van der Waals surface area contributed by atoms with Crippen molar-refractivity contribution in [2.75, 3.05) is 0 Å². The summed E-state index contributed by atoms with van der Waals surface area (Å²) in [5, 5.41) is 1.41. The van der Waals surface area contributed by atoms with Crippen molar-refractivity contribution in [3.05, 3.63) is 45.5 Å². The first-order valence-corrected chi connectivity index (χ1v) is 7.76. The van der Waals surface area contributed by atoms with Crippen LogP contribution in [0.15, 0.2) is 33.3 Å². The van der Waals surface area contributed by atoms with Crippen molar-refractivity contribution in [3.63, 3.8) is 0 Å². The number of aryl methyl sites for hydroxylation is 2. The van der Waals surface area contributed by atoms with Crippen LogP contribution in [0.25, 0.3) is 0 Å². The first kappa shape index (κ1) is 15.7. The molecule has 112 valence electrons. The second-order valence-corrected chi connectivity index (χ2v) is 6.11. The largest absolute Gasteiger partial charge is 0.327 e. The third kappa shape index (κ3) is 4.41. The van der Waals surface area contributed by atoms with E-state index in [2.05, 4.69) is 27.9 Å². The van der Waals surface area contributed by atoms with Gasteiger partial charge in [-0.05, 0) is 49.6 Å². The Bertz CT molecular complexity index is 684. The van der Waals surface area contributed by atoms with E-state index in [1.54, 1.807) is 6.92 Å². The van der Waals surface area contributed by atoms with E-state index < -0.39 is 0 Å². The average molecular weight is 304 g/mol. The molecular formula is C15H20N4OS. The lowest BCUT2D eigenvalue weighted by molar-refractivity contribution is 0.644. The molecule has 0 radical (unpaired) electrons. The molecule has 0 amide bonds. The molecule has 0 aliphatic heterocycles. The smallest absolute Gasteiger partial charge is 0.251 e. The van der Waals surface area contributed by atoms with Crippen molar-refractivity contribution in [2.24, 2.45) is 5.73 Å². The van der Waals surface area contributed by atoms with Crippen molar-refractivity contribution in [1.82, 2.24) is 15.0 Å². The van der Waals surface area contributed by atoms with E-state index in [9.17, 15) is 4.79 Å². The molecule has 0 saturated heterocycles. The van der Waals surface area contributed by atoms with E-state index in [1.165, 1.54) is 17.8 Å². The summed E-state index contributed by atoms with van der Waals surface area (Å²) in [6.07, 6.45) is 3.62. The highest BCUT2D eigenvalue weighted by molar-refractivity contribution is 7.99. The molecule has 2 heterocycles. The molecule has 0 bridgehead atoms. The third-order valence-corrected chi connectivity index (χ3v) is 4.16. The van der Waals surface area contributed by atoms with Gasteiger partial charge >= 0.3 is 0 Å². The summed E-state index contributed by atoms with van der Waals surface area (Å²) in [6, 6.07) is 3.73.